The summed E-state index contributed by atoms with van der Waals surface area (Å²) >= 11 is 5.75. The van der Waals surface area contributed by atoms with E-state index in [2.05, 4.69) is 4.98 Å². The SMILES string of the molecule is O=C(OCC(=O)N1CCC(c2nc3ccccc3o2)CC1)c1ccc(Cl)cc1O. The fourth-order valence-electron chi connectivity index (χ4n) is 3.41. The van der Waals surface area contributed by atoms with E-state index < -0.39 is 5.97 Å². The Morgan fingerprint density at radius 1 is 1.21 bits per heavy atom. The lowest BCUT2D eigenvalue weighted by Crippen LogP contribution is -2.40. The molecule has 29 heavy (non-hydrogen) atoms. The lowest BCUT2D eigenvalue weighted by Gasteiger charge is -2.30. The Morgan fingerprint density at radius 2 is 1.97 bits per heavy atom. The molecule has 1 aliphatic heterocycles. The van der Waals surface area contributed by atoms with Crippen LogP contribution in [0.2, 0.25) is 5.02 Å². The normalized spacial score (nSPS) is 14.9. The fraction of sp³-hybridized carbons (Fsp3) is 0.286. The second-order valence-corrected chi connectivity index (χ2v) is 7.35. The monoisotopic (exact) mass is 414 g/mol. The van der Waals surface area contributed by atoms with Crippen LogP contribution in [-0.4, -0.2) is 46.6 Å². The van der Waals surface area contributed by atoms with Gasteiger partial charge in [0.15, 0.2) is 18.1 Å². The minimum Gasteiger partial charge on any atom is -0.507 e. The molecule has 0 saturated carbocycles. The van der Waals surface area contributed by atoms with Gasteiger partial charge in [-0.1, -0.05) is 23.7 Å². The quantitative estimate of drug-likeness (QED) is 0.653. The Balaban J connectivity index is 1.30. The van der Waals surface area contributed by atoms with Crippen LogP contribution in [0.5, 0.6) is 5.75 Å². The number of esters is 1. The molecule has 0 unspecified atom stereocenters. The molecular formula is C21H19ClN2O5. The van der Waals surface area contributed by atoms with E-state index in [9.17, 15) is 14.7 Å². The van der Waals surface area contributed by atoms with Gasteiger partial charge in [-0.15, -0.1) is 0 Å². The van der Waals surface area contributed by atoms with Crippen molar-refractivity contribution in [2.24, 2.45) is 0 Å². The highest BCUT2D eigenvalue weighted by Gasteiger charge is 2.27. The second kappa shape index (κ2) is 8.13. The second-order valence-electron chi connectivity index (χ2n) is 6.91. The first-order valence-electron chi connectivity index (χ1n) is 9.30. The number of aromatic hydroxyl groups is 1. The zero-order valence-corrected chi connectivity index (χ0v) is 16.3. The minimum absolute atomic E-state index is 0.0307. The van der Waals surface area contributed by atoms with Crippen LogP contribution in [0.1, 0.15) is 35.0 Å². The summed E-state index contributed by atoms with van der Waals surface area (Å²) in [5, 5.41) is 10.1. The van der Waals surface area contributed by atoms with Crippen molar-refractivity contribution in [3.05, 3.63) is 58.9 Å². The van der Waals surface area contributed by atoms with Gasteiger partial charge in [-0.2, -0.15) is 0 Å². The van der Waals surface area contributed by atoms with Gasteiger partial charge in [-0.05, 0) is 43.2 Å². The first-order chi connectivity index (χ1) is 14.0. The molecule has 1 amide bonds. The van der Waals surface area contributed by atoms with Crippen molar-refractivity contribution in [1.82, 2.24) is 9.88 Å². The number of amides is 1. The van der Waals surface area contributed by atoms with Crippen LogP contribution in [0.15, 0.2) is 46.9 Å². The van der Waals surface area contributed by atoms with Gasteiger partial charge < -0.3 is 19.2 Å². The Bertz CT molecular complexity index is 1020. The van der Waals surface area contributed by atoms with Crippen molar-refractivity contribution in [1.29, 1.82) is 0 Å². The standard InChI is InChI=1S/C21H19ClN2O5/c22-14-5-6-15(17(25)11-14)21(27)28-12-19(26)24-9-7-13(8-10-24)20-23-16-3-1-2-4-18(16)29-20/h1-6,11,13,25H,7-10,12H2. The van der Waals surface area contributed by atoms with Gasteiger partial charge in [0, 0.05) is 24.0 Å². The predicted molar refractivity (Wildman–Crippen MR) is 106 cm³/mol. The molecule has 1 aromatic heterocycles. The third kappa shape index (κ3) is 4.19. The maximum Gasteiger partial charge on any atom is 0.342 e. The maximum absolute atomic E-state index is 12.4. The zero-order chi connectivity index (χ0) is 20.4. The molecule has 150 valence electrons. The summed E-state index contributed by atoms with van der Waals surface area (Å²) in [6.07, 6.45) is 1.45. The number of nitrogens with zero attached hydrogens (tertiary/aromatic N) is 2. The number of carbonyl (C=O) groups is 2. The van der Waals surface area contributed by atoms with E-state index in [1.165, 1.54) is 18.2 Å². The number of para-hydroxylation sites is 2. The van der Waals surface area contributed by atoms with E-state index in [-0.39, 0.29) is 29.7 Å². The lowest BCUT2D eigenvalue weighted by atomic mass is 9.97. The van der Waals surface area contributed by atoms with Gasteiger partial charge in [-0.3, -0.25) is 4.79 Å². The summed E-state index contributed by atoms with van der Waals surface area (Å²) in [4.78, 5) is 30.7. The molecule has 0 atom stereocenters. The van der Waals surface area contributed by atoms with E-state index in [1.54, 1.807) is 4.90 Å². The van der Waals surface area contributed by atoms with Crippen LogP contribution >= 0.6 is 11.6 Å². The number of aromatic nitrogens is 1. The molecule has 7 nitrogen and oxygen atoms in total. The summed E-state index contributed by atoms with van der Waals surface area (Å²) in [6.45, 7) is 0.687. The Labute approximate surface area is 171 Å². The molecule has 0 spiro atoms. The van der Waals surface area contributed by atoms with Gasteiger partial charge in [0.2, 0.25) is 0 Å². The van der Waals surface area contributed by atoms with E-state index in [4.69, 9.17) is 20.8 Å². The summed E-state index contributed by atoms with van der Waals surface area (Å²) in [5.74, 6) is -0.478. The molecule has 2 heterocycles. The summed E-state index contributed by atoms with van der Waals surface area (Å²) in [5.41, 5.74) is 1.56. The number of halogens is 1. The van der Waals surface area contributed by atoms with E-state index in [0.29, 0.717) is 24.0 Å². The summed E-state index contributed by atoms with van der Waals surface area (Å²) in [6, 6.07) is 11.7. The molecule has 1 saturated heterocycles. The smallest absolute Gasteiger partial charge is 0.342 e. The van der Waals surface area contributed by atoms with E-state index in [1.807, 2.05) is 24.3 Å². The molecule has 3 aromatic rings. The number of oxazole rings is 1. The molecule has 0 bridgehead atoms. The van der Waals surface area contributed by atoms with E-state index in [0.717, 1.165) is 23.9 Å². The lowest BCUT2D eigenvalue weighted by molar-refractivity contribution is -0.135. The predicted octanol–water partition coefficient (Wildman–Crippen LogP) is 3.75. The number of rotatable bonds is 4. The molecule has 8 heteroatoms. The molecular weight excluding hydrogens is 396 g/mol. The molecule has 1 N–H and O–H groups in total. The van der Waals surface area contributed by atoms with Gasteiger partial charge in [0.25, 0.3) is 5.91 Å². The highest BCUT2D eigenvalue weighted by atomic mass is 35.5. The van der Waals surface area contributed by atoms with Crippen molar-refractivity contribution in [3.8, 4) is 5.75 Å². The Kier molecular flexibility index (Phi) is 5.40. The Hall–Kier alpha value is -3.06. The summed E-state index contributed by atoms with van der Waals surface area (Å²) < 4.78 is 10.9. The number of carbonyl (C=O) groups excluding carboxylic acids is 2. The van der Waals surface area contributed by atoms with Gasteiger partial charge in [0.05, 0.1) is 0 Å². The van der Waals surface area contributed by atoms with Crippen LogP contribution < -0.4 is 0 Å². The zero-order valence-electron chi connectivity index (χ0n) is 15.5. The molecule has 2 aromatic carbocycles. The molecule has 0 radical (unpaired) electrons. The van der Waals surface area contributed by atoms with Crippen molar-refractivity contribution in [2.75, 3.05) is 19.7 Å². The molecule has 1 aliphatic rings. The number of piperidine rings is 1. The number of fused-ring (bicyclic) bond motifs is 1. The highest BCUT2D eigenvalue weighted by molar-refractivity contribution is 6.30. The Morgan fingerprint density at radius 3 is 2.69 bits per heavy atom. The van der Waals surface area contributed by atoms with Crippen molar-refractivity contribution >= 4 is 34.6 Å². The third-order valence-electron chi connectivity index (χ3n) is 5.01. The average Bonchev–Trinajstić information content (AvgIpc) is 3.16. The number of hydrogen-bond acceptors (Lipinski definition) is 6. The van der Waals surface area contributed by atoms with Crippen LogP contribution in [0, 0.1) is 0 Å². The molecule has 0 aliphatic carbocycles. The van der Waals surface area contributed by atoms with Crippen LogP contribution in [0.4, 0.5) is 0 Å². The number of phenolic OH excluding ortho intramolecular Hbond substituents is 1. The van der Waals surface area contributed by atoms with Gasteiger partial charge >= 0.3 is 5.97 Å². The van der Waals surface area contributed by atoms with Crippen LogP contribution in [0.3, 0.4) is 0 Å². The van der Waals surface area contributed by atoms with Crippen molar-refractivity contribution < 1.29 is 23.8 Å². The topological polar surface area (TPSA) is 92.9 Å². The number of ether oxygens (including phenoxy) is 1. The first-order valence-corrected chi connectivity index (χ1v) is 9.68. The fourth-order valence-corrected chi connectivity index (χ4v) is 3.58. The molecule has 4 rings (SSSR count). The first kappa shape index (κ1) is 19.3. The summed E-state index contributed by atoms with van der Waals surface area (Å²) in [7, 11) is 0. The third-order valence-corrected chi connectivity index (χ3v) is 5.25. The van der Waals surface area contributed by atoms with E-state index >= 15 is 0 Å². The minimum atomic E-state index is -0.770. The van der Waals surface area contributed by atoms with Gasteiger partial charge in [-0.25, -0.2) is 9.78 Å². The molecule has 1 fully saturated rings. The van der Waals surface area contributed by atoms with Crippen LogP contribution in [0.25, 0.3) is 11.1 Å². The van der Waals surface area contributed by atoms with Gasteiger partial charge in [0.1, 0.15) is 16.8 Å². The van der Waals surface area contributed by atoms with Crippen LogP contribution in [-0.2, 0) is 9.53 Å². The highest BCUT2D eigenvalue weighted by Crippen LogP contribution is 2.30. The number of likely N-dealkylation sites (tertiary alicyclic amines) is 1. The maximum atomic E-state index is 12.4. The van der Waals surface area contributed by atoms with Crippen molar-refractivity contribution in [2.45, 2.75) is 18.8 Å². The van der Waals surface area contributed by atoms with Crippen molar-refractivity contribution in [3.63, 3.8) is 0 Å². The number of phenols is 1. The number of benzene rings is 2. The average molecular weight is 415 g/mol. The largest absolute Gasteiger partial charge is 0.507 e. The number of hydrogen-bond donors (Lipinski definition) is 1.